The normalized spacial score (nSPS) is 22.4. The van der Waals surface area contributed by atoms with E-state index in [1.54, 1.807) is 6.07 Å². The molecule has 0 saturated carbocycles. The number of fused-ring (bicyclic) bond motifs is 3. The average Bonchev–Trinajstić information content (AvgIpc) is 3.09. The molecular weight excluding hydrogens is 367 g/mol. The Balaban J connectivity index is 1.73. The summed E-state index contributed by atoms with van der Waals surface area (Å²) in [4.78, 5) is -0.455. The van der Waals surface area contributed by atoms with Crippen molar-refractivity contribution in [3.8, 4) is 5.75 Å². The molecule has 2 heterocycles. The van der Waals surface area contributed by atoms with Crippen molar-refractivity contribution in [1.82, 2.24) is 5.32 Å². The van der Waals surface area contributed by atoms with Crippen LogP contribution in [0, 0.1) is 0 Å². The number of benzene rings is 2. The molecule has 1 fully saturated rings. The zero-order valence-electron chi connectivity index (χ0n) is 13.6. The Morgan fingerprint density at radius 3 is 2.62 bits per heavy atom. The van der Waals surface area contributed by atoms with E-state index in [9.17, 15) is 21.6 Å². The van der Waals surface area contributed by atoms with Gasteiger partial charge >= 0.3 is 6.18 Å². The van der Waals surface area contributed by atoms with Crippen molar-refractivity contribution in [3.63, 3.8) is 0 Å². The number of nitrogens with one attached hydrogen (secondary N) is 1. The van der Waals surface area contributed by atoms with Gasteiger partial charge in [0, 0.05) is 12.0 Å². The molecule has 0 spiro atoms. The number of alkyl halides is 3. The highest BCUT2D eigenvalue weighted by molar-refractivity contribution is 7.91. The summed E-state index contributed by atoms with van der Waals surface area (Å²) in [5.74, 6) is 0.757. The maximum absolute atomic E-state index is 12.9. The van der Waals surface area contributed by atoms with Crippen molar-refractivity contribution in [2.75, 3.05) is 13.2 Å². The van der Waals surface area contributed by atoms with Gasteiger partial charge in [0.2, 0.25) is 9.84 Å². The summed E-state index contributed by atoms with van der Waals surface area (Å²) in [6.07, 6.45) is -3.66. The van der Waals surface area contributed by atoms with E-state index in [1.807, 2.05) is 0 Å². The van der Waals surface area contributed by atoms with Crippen LogP contribution < -0.4 is 10.1 Å². The molecule has 0 aromatic heterocycles. The second-order valence-corrected chi connectivity index (χ2v) is 8.45. The first kappa shape index (κ1) is 17.4. The Kier molecular flexibility index (Phi) is 4.00. The second-order valence-electron chi connectivity index (χ2n) is 6.50. The van der Waals surface area contributed by atoms with E-state index in [1.165, 1.54) is 18.2 Å². The highest BCUT2D eigenvalue weighted by atomic mass is 32.2. The van der Waals surface area contributed by atoms with Gasteiger partial charge in [0.05, 0.1) is 15.4 Å². The van der Waals surface area contributed by atoms with Crippen LogP contribution in [0.3, 0.4) is 0 Å². The predicted octanol–water partition coefficient (Wildman–Crippen LogP) is 3.38. The summed E-state index contributed by atoms with van der Waals surface area (Å²) < 4.78 is 69.9. The first-order valence-corrected chi connectivity index (χ1v) is 9.67. The third kappa shape index (κ3) is 2.87. The molecule has 1 saturated heterocycles. The minimum atomic E-state index is -4.60. The number of halogens is 3. The summed E-state index contributed by atoms with van der Waals surface area (Å²) in [6.45, 7) is 1.33. The van der Waals surface area contributed by atoms with Crippen LogP contribution in [0.15, 0.2) is 52.3 Å². The zero-order chi connectivity index (χ0) is 18.5. The Morgan fingerprint density at radius 2 is 1.85 bits per heavy atom. The first-order chi connectivity index (χ1) is 12.3. The third-order valence-corrected chi connectivity index (χ3v) is 6.68. The van der Waals surface area contributed by atoms with E-state index in [2.05, 4.69) is 5.32 Å². The van der Waals surface area contributed by atoms with Gasteiger partial charge in [-0.05, 0) is 48.9 Å². The molecule has 4 nitrogen and oxygen atoms in total. The topological polar surface area (TPSA) is 55.4 Å². The van der Waals surface area contributed by atoms with Crippen molar-refractivity contribution in [2.45, 2.75) is 34.3 Å². The van der Waals surface area contributed by atoms with Crippen molar-refractivity contribution in [2.24, 2.45) is 0 Å². The first-order valence-electron chi connectivity index (χ1n) is 8.19. The zero-order valence-corrected chi connectivity index (χ0v) is 14.4. The molecule has 0 aliphatic carbocycles. The summed E-state index contributed by atoms with van der Waals surface area (Å²) in [7, 11) is -4.07. The average molecular weight is 383 g/mol. The Labute approximate surface area is 148 Å². The molecule has 2 aliphatic heterocycles. The van der Waals surface area contributed by atoms with Gasteiger partial charge in [-0.2, -0.15) is 13.2 Å². The van der Waals surface area contributed by atoms with Crippen molar-refractivity contribution in [1.29, 1.82) is 0 Å². The molecule has 2 aliphatic rings. The molecule has 8 heteroatoms. The molecule has 2 unspecified atom stereocenters. The molecule has 0 amide bonds. The number of ether oxygens (including phenoxy) is 1. The summed E-state index contributed by atoms with van der Waals surface area (Å²) in [5, 5.41) is 3.34. The molecule has 2 atom stereocenters. The molecule has 138 valence electrons. The van der Waals surface area contributed by atoms with Gasteiger partial charge in [-0.15, -0.1) is 0 Å². The lowest BCUT2D eigenvalue weighted by Gasteiger charge is -2.28. The highest BCUT2D eigenvalue weighted by Gasteiger charge is 2.36. The van der Waals surface area contributed by atoms with Crippen LogP contribution in [0.4, 0.5) is 13.2 Å². The Hall–Kier alpha value is -2.06. The fourth-order valence-corrected chi connectivity index (χ4v) is 4.90. The van der Waals surface area contributed by atoms with E-state index < -0.39 is 21.6 Å². The monoisotopic (exact) mass is 383 g/mol. The fraction of sp³-hybridized carbons (Fsp3) is 0.333. The van der Waals surface area contributed by atoms with E-state index >= 15 is 0 Å². The van der Waals surface area contributed by atoms with Crippen LogP contribution in [0.1, 0.15) is 23.5 Å². The standard InChI is InChI=1S/C18H16F3NO3S/c19-18(20,21)11-2-1-3-12(8-11)26(23,24)13-4-5-15-14-6-7-22-16(14)10-25-17(15)9-13/h1-5,8-9,14,16,22H,6-7,10H2. The smallest absolute Gasteiger partial charge is 0.416 e. The number of rotatable bonds is 2. The van der Waals surface area contributed by atoms with Gasteiger partial charge in [0.15, 0.2) is 0 Å². The quantitative estimate of drug-likeness (QED) is 0.864. The highest BCUT2D eigenvalue weighted by Crippen LogP contribution is 2.40. The van der Waals surface area contributed by atoms with Gasteiger partial charge in [-0.3, -0.25) is 0 Å². The second kappa shape index (κ2) is 5.99. The molecule has 0 bridgehead atoms. The minimum absolute atomic E-state index is 0.0695. The number of sulfone groups is 1. The summed E-state index contributed by atoms with van der Waals surface area (Å²) in [5.41, 5.74) is -0.0538. The van der Waals surface area contributed by atoms with Gasteiger partial charge < -0.3 is 10.1 Å². The van der Waals surface area contributed by atoms with E-state index in [0.29, 0.717) is 18.4 Å². The summed E-state index contributed by atoms with van der Waals surface area (Å²) >= 11 is 0. The van der Waals surface area contributed by atoms with E-state index in [0.717, 1.165) is 30.7 Å². The van der Waals surface area contributed by atoms with Crippen molar-refractivity contribution < 1.29 is 26.3 Å². The predicted molar refractivity (Wildman–Crippen MR) is 88.0 cm³/mol. The fourth-order valence-electron chi connectivity index (χ4n) is 3.58. The molecular formula is C18H16F3NO3S. The molecule has 4 rings (SSSR count). The van der Waals surface area contributed by atoms with Crippen LogP contribution >= 0.6 is 0 Å². The van der Waals surface area contributed by atoms with Gasteiger partial charge in [-0.25, -0.2) is 8.42 Å². The van der Waals surface area contributed by atoms with Gasteiger partial charge in [0.1, 0.15) is 12.4 Å². The number of hydrogen-bond acceptors (Lipinski definition) is 4. The van der Waals surface area contributed by atoms with E-state index in [4.69, 9.17) is 4.74 Å². The van der Waals surface area contributed by atoms with E-state index in [-0.39, 0.29) is 21.8 Å². The third-order valence-electron chi connectivity index (χ3n) is 4.93. The largest absolute Gasteiger partial charge is 0.492 e. The molecule has 0 radical (unpaired) electrons. The Bertz CT molecular complexity index is 956. The minimum Gasteiger partial charge on any atom is -0.492 e. The van der Waals surface area contributed by atoms with Crippen LogP contribution in [0.5, 0.6) is 5.75 Å². The van der Waals surface area contributed by atoms with Gasteiger partial charge in [0.25, 0.3) is 0 Å². The maximum atomic E-state index is 12.9. The van der Waals surface area contributed by atoms with Crippen molar-refractivity contribution >= 4 is 9.84 Å². The molecule has 2 aromatic carbocycles. The SMILES string of the molecule is O=S(=O)(c1cccc(C(F)(F)F)c1)c1ccc2c(c1)OCC1NCCC21. The Morgan fingerprint density at radius 1 is 1.08 bits per heavy atom. The number of hydrogen-bond donors (Lipinski definition) is 1. The molecule has 1 N–H and O–H groups in total. The van der Waals surface area contributed by atoms with Crippen LogP contribution in [-0.2, 0) is 16.0 Å². The lowest BCUT2D eigenvalue weighted by atomic mass is 9.90. The molecule has 2 aromatic rings. The van der Waals surface area contributed by atoms with Crippen molar-refractivity contribution in [3.05, 3.63) is 53.6 Å². The molecule has 26 heavy (non-hydrogen) atoms. The summed E-state index contributed by atoms with van der Waals surface area (Å²) in [6, 6.07) is 8.56. The maximum Gasteiger partial charge on any atom is 0.416 e. The van der Waals surface area contributed by atoms with Crippen LogP contribution in [-0.4, -0.2) is 27.6 Å². The van der Waals surface area contributed by atoms with Crippen LogP contribution in [0.2, 0.25) is 0 Å². The van der Waals surface area contributed by atoms with Crippen LogP contribution in [0.25, 0.3) is 0 Å². The van der Waals surface area contributed by atoms with Gasteiger partial charge in [-0.1, -0.05) is 12.1 Å². The lowest BCUT2D eigenvalue weighted by Crippen LogP contribution is -2.35. The lowest BCUT2D eigenvalue weighted by molar-refractivity contribution is -0.137.